The zero-order chi connectivity index (χ0) is 6.73. The Bertz CT molecular complexity index is 95.0. The van der Waals surface area contributed by atoms with Gasteiger partial charge in [0.2, 0.25) is 0 Å². The summed E-state index contributed by atoms with van der Waals surface area (Å²) < 4.78 is 0. The monoisotopic (exact) mass is 235 g/mol. The SMILES string of the molecule is CC(C)[C@H](N)C(=O)O.[InH3]. The van der Waals surface area contributed by atoms with Gasteiger partial charge >= 0.3 is 31.8 Å². The molecule has 3 nitrogen and oxygen atoms in total. The molecule has 0 aliphatic heterocycles. The molecule has 0 saturated carbocycles. The van der Waals surface area contributed by atoms with Gasteiger partial charge in [-0.15, -0.1) is 0 Å². The third-order valence-corrected chi connectivity index (χ3v) is 1.00. The Kier molecular flexibility index (Phi) is 6.83. The maximum absolute atomic E-state index is 10.0. The van der Waals surface area contributed by atoms with Gasteiger partial charge in [0.15, 0.2) is 0 Å². The molecule has 0 saturated heterocycles. The van der Waals surface area contributed by atoms with E-state index >= 15 is 0 Å². The molecule has 0 unspecified atom stereocenters. The molecule has 0 aromatic heterocycles. The maximum atomic E-state index is 10.0. The van der Waals surface area contributed by atoms with Crippen LogP contribution >= 0.6 is 0 Å². The fraction of sp³-hybridized carbons (Fsp3) is 0.800. The van der Waals surface area contributed by atoms with Crippen molar-refractivity contribution >= 4 is 31.8 Å². The van der Waals surface area contributed by atoms with E-state index < -0.39 is 12.0 Å². The van der Waals surface area contributed by atoms with Gasteiger partial charge in [-0.2, -0.15) is 0 Å². The second kappa shape index (κ2) is 5.11. The fourth-order valence-corrected chi connectivity index (χ4v) is 0.285. The van der Waals surface area contributed by atoms with Gasteiger partial charge in [0.1, 0.15) is 6.04 Å². The number of carboxylic acids is 1. The minimum absolute atomic E-state index is 0. The summed E-state index contributed by atoms with van der Waals surface area (Å²) in [5.41, 5.74) is 5.16. The van der Waals surface area contributed by atoms with Crippen LogP contribution in [0.3, 0.4) is 0 Å². The van der Waals surface area contributed by atoms with Crippen molar-refractivity contribution in [2.75, 3.05) is 0 Å². The van der Waals surface area contributed by atoms with Crippen LogP contribution in [0.1, 0.15) is 13.8 Å². The molecular formula is C5H14InNO2. The van der Waals surface area contributed by atoms with Gasteiger partial charge in [0.05, 0.1) is 0 Å². The van der Waals surface area contributed by atoms with Gasteiger partial charge in [0, 0.05) is 0 Å². The van der Waals surface area contributed by atoms with Crippen LogP contribution in [0.5, 0.6) is 0 Å². The molecule has 1 atom stereocenters. The summed E-state index contributed by atoms with van der Waals surface area (Å²) in [6, 6.07) is -0.713. The second-order valence-electron chi connectivity index (χ2n) is 2.11. The third-order valence-electron chi connectivity index (χ3n) is 1.00. The Morgan fingerprint density at radius 3 is 1.89 bits per heavy atom. The number of carbonyl (C=O) groups is 1. The number of hydrogen-bond donors (Lipinski definition) is 2. The van der Waals surface area contributed by atoms with E-state index in [1.807, 2.05) is 0 Å². The van der Waals surface area contributed by atoms with Crippen LogP contribution in [-0.2, 0) is 4.79 Å². The Morgan fingerprint density at radius 2 is 1.89 bits per heavy atom. The fourth-order valence-electron chi connectivity index (χ4n) is 0.285. The minimum atomic E-state index is -0.931. The van der Waals surface area contributed by atoms with E-state index in [0.29, 0.717) is 0 Å². The van der Waals surface area contributed by atoms with E-state index in [1.54, 1.807) is 13.8 Å². The predicted molar refractivity (Wildman–Crippen MR) is 40.4 cm³/mol. The zero-order valence-electron chi connectivity index (χ0n) is 5.09. The van der Waals surface area contributed by atoms with Crippen LogP contribution in [0.4, 0.5) is 0 Å². The molecule has 0 fully saturated rings. The van der Waals surface area contributed by atoms with Crippen molar-refractivity contribution in [1.29, 1.82) is 0 Å². The molecule has 4 heteroatoms. The molecule has 0 radical (unpaired) electrons. The summed E-state index contributed by atoms with van der Waals surface area (Å²) in [7, 11) is 0. The first kappa shape index (κ1) is 12.0. The summed E-state index contributed by atoms with van der Waals surface area (Å²) in [5, 5.41) is 8.23. The van der Waals surface area contributed by atoms with E-state index in [1.165, 1.54) is 0 Å². The van der Waals surface area contributed by atoms with Crippen LogP contribution in [0.15, 0.2) is 0 Å². The average Bonchev–Trinajstić information content (AvgIpc) is 1.64. The summed E-state index contributed by atoms with van der Waals surface area (Å²) in [4.78, 5) is 10.0. The van der Waals surface area contributed by atoms with Crippen LogP contribution in [0.2, 0.25) is 0 Å². The van der Waals surface area contributed by atoms with Crippen molar-refractivity contribution in [1.82, 2.24) is 0 Å². The van der Waals surface area contributed by atoms with Gasteiger partial charge in [-0.25, -0.2) is 0 Å². The molecule has 54 valence electrons. The van der Waals surface area contributed by atoms with Crippen molar-refractivity contribution in [3.05, 3.63) is 0 Å². The van der Waals surface area contributed by atoms with Gasteiger partial charge < -0.3 is 10.8 Å². The molecular weight excluding hydrogens is 221 g/mol. The van der Waals surface area contributed by atoms with Crippen molar-refractivity contribution in [3.63, 3.8) is 0 Å². The van der Waals surface area contributed by atoms with Crippen molar-refractivity contribution in [3.8, 4) is 0 Å². The van der Waals surface area contributed by atoms with Gasteiger partial charge in [0.25, 0.3) is 0 Å². The van der Waals surface area contributed by atoms with Crippen LogP contribution in [-0.4, -0.2) is 43.0 Å². The number of hydrogen-bond acceptors (Lipinski definition) is 2. The van der Waals surface area contributed by atoms with E-state index in [2.05, 4.69) is 0 Å². The summed E-state index contributed by atoms with van der Waals surface area (Å²) in [6.07, 6.45) is 0. The molecule has 0 rings (SSSR count). The number of nitrogens with two attached hydrogens (primary N) is 1. The standard InChI is InChI=1S/C5H11NO2.In.3H/c1-3(2)4(6)5(7)8;;;;/h3-4H,6H2,1-2H3,(H,7,8);;;;/t4-;;;;/m0..../s1. The molecule has 0 aromatic rings. The van der Waals surface area contributed by atoms with E-state index in [0.717, 1.165) is 0 Å². The van der Waals surface area contributed by atoms with Crippen LogP contribution < -0.4 is 5.73 Å². The van der Waals surface area contributed by atoms with Gasteiger partial charge in [-0.3, -0.25) is 4.79 Å². The van der Waals surface area contributed by atoms with Gasteiger partial charge in [-0.05, 0) is 5.92 Å². The van der Waals surface area contributed by atoms with Crippen molar-refractivity contribution in [2.45, 2.75) is 19.9 Å². The first-order valence-electron chi connectivity index (χ1n) is 2.54. The molecule has 0 aliphatic rings. The summed E-state index contributed by atoms with van der Waals surface area (Å²) in [5.74, 6) is -0.910. The van der Waals surface area contributed by atoms with Crippen molar-refractivity contribution < 1.29 is 9.90 Å². The molecule has 3 N–H and O–H groups in total. The summed E-state index contributed by atoms with van der Waals surface area (Å²) in [6.45, 7) is 3.55. The zero-order valence-corrected chi connectivity index (χ0v) is 5.09. The summed E-state index contributed by atoms with van der Waals surface area (Å²) >= 11 is 0. The quantitative estimate of drug-likeness (QED) is 0.636. The molecule has 0 amide bonds. The van der Waals surface area contributed by atoms with E-state index in [-0.39, 0.29) is 31.8 Å². The van der Waals surface area contributed by atoms with E-state index in [9.17, 15) is 4.79 Å². The van der Waals surface area contributed by atoms with Crippen LogP contribution in [0, 0.1) is 5.92 Å². The first-order valence-corrected chi connectivity index (χ1v) is 2.54. The Morgan fingerprint density at radius 1 is 1.56 bits per heavy atom. The first-order chi connectivity index (χ1) is 3.55. The molecule has 0 aromatic carbocycles. The molecule has 0 bridgehead atoms. The Balaban J connectivity index is 0. The third kappa shape index (κ3) is 4.78. The molecule has 0 heterocycles. The Labute approximate surface area is 73.4 Å². The van der Waals surface area contributed by atoms with Gasteiger partial charge in [-0.1, -0.05) is 13.8 Å². The number of aliphatic carboxylic acids is 1. The van der Waals surface area contributed by atoms with E-state index in [4.69, 9.17) is 10.8 Å². The predicted octanol–water partition coefficient (Wildman–Crippen LogP) is -1.13. The molecule has 0 aliphatic carbocycles. The normalized spacial score (nSPS) is 12.4. The number of rotatable bonds is 2. The topological polar surface area (TPSA) is 63.3 Å². The van der Waals surface area contributed by atoms with Crippen LogP contribution in [0.25, 0.3) is 0 Å². The molecule has 9 heavy (non-hydrogen) atoms. The average molecular weight is 235 g/mol. The molecule has 0 spiro atoms. The Hall–Kier alpha value is 0.300. The van der Waals surface area contributed by atoms with Crippen molar-refractivity contribution in [2.24, 2.45) is 11.7 Å². The number of carboxylic acid groups (broad SMARTS) is 1. The second-order valence-corrected chi connectivity index (χ2v) is 2.11.